The van der Waals surface area contributed by atoms with Crippen LogP contribution in [0.15, 0.2) is 53.4 Å². The maximum Gasteiger partial charge on any atom is 0.261 e. The molecule has 5 nitrogen and oxygen atoms in total. The van der Waals surface area contributed by atoms with Gasteiger partial charge < -0.3 is 10.1 Å². The molecular weight excluding hydrogens is 345 g/mol. The first-order valence-electron chi connectivity index (χ1n) is 7.69. The zero-order valence-corrected chi connectivity index (χ0v) is 15.0. The van der Waals surface area contributed by atoms with Crippen LogP contribution in [0, 0.1) is 5.82 Å². The number of halogens is 1. The fraction of sp³-hybridized carbons (Fsp3) is 0.278. The van der Waals surface area contributed by atoms with E-state index < -0.39 is 15.9 Å². The molecule has 134 valence electrons. The number of hydrogen-bond acceptors (Lipinski definition) is 4. The largest absolute Gasteiger partial charge is 0.481 e. The first kappa shape index (κ1) is 18.9. The number of hydrogen-bond donors (Lipinski definition) is 1. The number of sulfone groups is 1. The first-order chi connectivity index (χ1) is 11.7. The molecule has 1 N–H and O–H groups in total. The van der Waals surface area contributed by atoms with Gasteiger partial charge in [-0.25, -0.2) is 12.8 Å². The fourth-order valence-electron chi connectivity index (χ4n) is 2.19. The zero-order chi connectivity index (χ0) is 18.6. The average molecular weight is 365 g/mol. The highest BCUT2D eigenvalue weighted by Gasteiger charge is 2.18. The summed E-state index contributed by atoms with van der Waals surface area (Å²) in [5.74, 6) is -0.311. The molecule has 2 atom stereocenters. The first-order valence-corrected chi connectivity index (χ1v) is 9.58. The number of carbonyl (C=O) groups excluding carboxylic acids is 1. The standard InChI is InChI=1S/C18H20FNO4S/c1-12(14-4-10-17(11-5-14)25(3,22)23)20-18(21)13(2)24-16-8-6-15(19)7-9-16/h4-13H,1-3H3,(H,20,21). The second-order valence-corrected chi connectivity index (χ2v) is 7.80. The molecule has 0 aliphatic rings. The van der Waals surface area contributed by atoms with E-state index in [9.17, 15) is 17.6 Å². The molecule has 0 saturated heterocycles. The molecule has 0 spiro atoms. The molecule has 0 bridgehead atoms. The summed E-state index contributed by atoms with van der Waals surface area (Å²) in [5.41, 5.74) is 0.773. The van der Waals surface area contributed by atoms with Gasteiger partial charge in [0, 0.05) is 6.26 Å². The van der Waals surface area contributed by atoms with Crippen molar-refractivity contribution in [1.82, 2.24) is 5.32 Å². The Balaban J connectivity index is 1.97. The van der Waals surface area contributed by atoms with Crippen LogP contribution >= 0.6 is 0 Å². The third kappa shape index (κ3) is 5.29. The van der Waals surface area contributed by atoms with E-state index in [2.05, 4.69) is 5.32 Å². The van der Waals surface area contributed by atoms with Crippen molar-refractivity contribution in [3.63, 3.8) is 0 Å². The van der Waals surface area contributed by atoms with Gasteiger partial charge in [0.1, 0.15) is 11.6 Å². The van der Waals surface area contributed by atoms with Crippen LogP contribution in [0.3, 0.4) is 0 Å². The topological polar surface area (TPSA) is 72.5 Å². The summed E-state index contributed by atoms with van der Waals surface area (Å²) in [6, 6.07) is 11.4. The molecule has 2 aromatic carbocycles. The van der Waals surface area contributed by atoms with Gasteiger partial charge in [-0.15, -0.1) is 0 Å². The molecule has 7 heteroatoms. The lowest BCUT2D eigenvalue weighted by atomic mass is 10.1. The Morgan fingerprint density at radius 2 is 1.60 bits per heavy atom. The van der Waals surface area contributed by atoms with Gasteiger partial charge in [0.25, 0.3) is 5.91 Å². The number of carbonyl (C=O) groups is 1. The van der Waals surface area contributed by atoms with Crippen LogP contribution in [0.1, 0.15) is 25.5 Å². The molecule has 0 fully saturated rings. The van der Waals surface area contributed by atoms with E-state index in [1.54, 1.807) is 26.0 Å². The number of ether oxygens (including phenoxy) is 1. The lowest BCUT2D eigenvalue weighted by molar-refractivity contribution is -0.127. The molecule has 0 heterocycles. The van der Waals surface area contributed by atoms with Crippen molar-refractivity contribution in [2.75, 3.05) is 6.26 Å². The van der Waals surface area contributed by atoms with Crippen LogP contribution in [-0.4, -0.2) is 26.7 Å². The molecule has 0 saturated carbocycles. The minimum atomic E-state index is -3.25. The van der Waals surface area contributed by atoms with Crippen molar-refractivity contribution >= 4 is 15.7 Å². The quantitative estimate of drug-likeness (QED) is 0.854. The fourth-order valence-corrected chi connectivity index (χ4v) is 2.82. The molecule has 0 radical (unpaired) electrons. The Bertz CT molecular complexity index is 832. The predicted octanol–water partition coefficient (Wildman–Crippen LogP) is 2.87. The summed E-state index contributed by atoms with van der Waals surface area (Å²) in [6.45, 7) is 3.39. The number of benzene rings is 2. The van der Waals surface area contributed by atoms with Crippen LogP contribution in [0.25, 0.3) is 0 Å². The van der Waals surface area contributed by atoms with Crippen molar-refractivity contribution < 1.29 is 22.3 Å². The van der Waals surface area contributed by atoms with Crippen LogP contribution in [0.2, 0.25) is 0 Å². The monoisotopic (exact) mass is 365 g/mol. The Labute approximate surface area is 146 Å². The summed E-state index contributed by atoms with van der Waals surface area (Å²) >= 11 is 0. The molecule has 2 unspecified atom stereocenters. The van der Waals surface area contributed by atoms with E-state index in [1.807, 2.05) is 0 Å². The number of nitrogens with one attached hydrogen (secondary N) is 1. The Kier molecular flexibility index (Phi) is 5.79. The van der Waals surface area contributed by atoms with Gasteiger partial charge in [-0.3, -0.25) is 4.79 Å². The van der Waals surface area contributed by atoms with E-state index in [0.717, 1.165) is 11.8 Å². The van der Waals surface area contributed by atoms with Gasteiger partial charge in [0.2, 0.25) is 0 Å². The van der Waals surface area contributed by atoms with Crippen LogP contribution in [0.4, 0.5) is 4.39 Å². The normalized spacial score (nSPS) is 13.8. The van der Waals surface area contributed by atoms with E-state index in [-0.39, 0.29) is 22.7 Å². The smallest absolute Gasteiger partial charge is 0.261 e. The van der Waals surface area contributed by atoms with E-state index in [4.69, 9.17) is 4.74 Å². The van der Waals surface area contributed by atoms with E-state index in [1.165, 1.54) is 36.4 Å². The summed E-state index contributed by atoms with van der Waals surface area (Å²) in [4.78, 5) is 12.4. The van der Waals surface area contributed by atoms with E-state index in [0.29, 0.717) is 5.75 Å². The van der Waals surface area contributed by atoms with Crippen LogP contribution in [0.5, 0.6) is 5.75 Å². The molecule has 0 aliphatic carbocycles. The van der Waals surface area contributed by atoms with Gasteiger partial charge in [-0.1, -0.05) is 12.1 Å². The lowest BCUT2D eigenvalue weighted by Gasteiger charge is -2.19. The summed E-state index contributed by atoms with van der Waals surface area (Å²) in [7, 11) is -3.25. The highest BCUT2D eigenvalue weighted by Crippen LogP contribution is 2.17. The average Bonchev–Trinajstić information content (AvgIpc) is 2.56. The predicted molar refractivity (Wildman–Crippen MR) is 92.6 cm³/mol. The Morgan fingerprint density at radius 3 is 2.12 bits per heavy atom. The van der Waals surface area contributed by atoms with Gasteiger partial charge in [-0.05, 0) is 55.8 Å². The van der Waals surface area contributed by atoms with Crippen molar-refractivity contribution in [3.05, 3.63) is 59.9 Å². The molecule has 1 amide bonds. The van der Waals surface area contributed by atoms with Gasteiger partial charge in [0.15, 0.2) is 15.9 Å². The van der Waals surface area contributed by atoms with Crippen LogP contribution < -0.4 is 10.1 Å². The second-order valence-electron chi connectivity index (χ2n) is 5.79. The van der Waals surface area contributed by atoms with Gasteiger partial charge in [0.05, 0.1) is 10.9 Å². The number of rotatable bonds is 6. The third-order valence-electron chi connectivity index (χ3n) is 3.66. The molecule has 0 aromatic heterocycles. The highest BCUT2D eigenvalue weighted by molar-refractivity contribution is 7.90. The maximum atomic E-state index is 12.9. The summed E-state index contributed by atoms with van der Waals surface area (Å²) in [6.07, 6.45) is 0.380. The van der Waals surface area contributed by atoms with Crippen molar-refractivity contribution in [2.45, 2.75) is 30.9 Å². The number of amides is 1. The molecule has 2 aromatic rings. The second kappa shape index (κ2) is 7.65. The molecule has 2 rings (SSSR count). The SMILES string of the molecule is CC(Oc1ccc(F)cc1)C(=O)NC(C)c1ccc(S(C)(=O)=O)cc1. The Morgan fingerprint density at radius 1 is 1.04 bits per heavy atom. The molecular formula is C18H20FNO4S. The minimum absolute atomic E-state index is 0.225. The summed E-state index contributed by atoms with van der Waals surface area (Å²) < 4.78 is 41.3. The molecule has 0 aliphatic heterocycles. The zero-order valence-electron chi connectivity index (χ0n) is 14.2. The highest BCUT2D eigenvalue weighted by atomic mass is 32.2. The van der Waals surface area contributed by atoms with Crippen molar-refractivity contribution in [2.24, 2.45) is 0 Å². The van der Waals surface area contributed by atoms with Crippen LogP contribution in [-0.2, 0) is 14.6 Å². The van der Waals surface area contributed by atoms with Gasteiger partial charge in [-0.2, -0.15) is 0 Å². The van der Waals surface area contributed by atoms with Crippen molar-refractivity contribution in [1.29, 1.82) is 0 Å². The van der Waals surface area contributed by atoms with Crippen molar-refractivity contribution in [3.8, 4) is 5.75 Å². The Hall–Kier alpha value is -2.41. The molecule has 25 heavy (non-hydrogen) atoms. The van der Waals surface area contributed by atoms with E-state index >= 15 is 0 Å². The third-order valence-corrected chi connectivity index (χ3v) is 4.79. The lowest BCUT2D eigenvalue weighted by Crippen LogP contribution is -2.37. The maximum absolute atomic E-state index is 12.9. The minimum Gasteiger partial charge on any atom is -0.481 e. The van der Waals surface area contributed by atoms with Gasteiger partial charge >= 0.3 is 0 Å². The summed E-state index contributed by atoms with van der Waals surface area (Å²) in [5, 5.41) is 2.80.